The first-order chi connectivity index (χ1) is 8.08. The van der Waals surface area contributed by atoms with Crippen molar-refractivity contribution in [3.05, 3.63) is 40.9 Å². The third-order valence-electron chi connectivity index (χ3n) is 1.94. The molecule has 0 bridgehead atoms. The smallest absolute Gasteiger partial charge is 0.305 e. The van der Waals surface area contributed by atoms with Crippen LogP contribution in [0.2, 0.25) is 5.02 Å². The number of halogens is 1. The first-order valence-corrected chi connectivity index (χ1v) is 5.39. The number of aliphatic carboxylic acids is 1. The Balaban J connectivity index is 2.40. The summed E-state index contributed by atoms with van der Waals surface area (Å²) < 4.78 is 0. The second-order valence-corrected chi connectivity index (χ2v) is 3.76. The fourth-order valence-electron chi connectivity index (χ4n) is 1.10. The third-order valence-corrected chi connectivity index (χ3v) is 2.19. The number of carbonyl (C=O) groups excluding carboxylic acids is 1. The molecule has 0 fully saturated rings. The van der Waals surface area contributed by atoms with Crippen molar-refractivity contribution in [1.29, 1.82) is 0 Å². The number of hydrogen-bond acceptors (Lipinski definition) is 2. The molecular weight excluding hydrogens is 242 g/mol. The Morgan fingerprint density at radius 1 is 1.29 bits per heavy atom. The van der Waals surface area contributed by atoms with Gasteiger partial charge < -0.3 is 10.4 Å². The molecule has 5 heteroatoms. The second kappa shape index (κ2) is 6.70. The summed E-state index contributed by atoms with van der Waals surface area (Å²) in [7, 11) is 0. The van der Waals surface area contributed by atoms with Gasteiger partial charge in [-0.3, -0.25) is 9.59 Å². The molecule has 0 spiro atoms. The van der Waals surface area contributed by atoms with E-state index in [1.54, 1.807) is 30.3 Å². The molecule has 90 valence electrons. The number of carboxylic acid groups (broad SMARTS) is 1. The van der Waals surface area contributed by atoms with Crippen molar-refractivity contribution >= 4 is 29.6 Å². The zero-order valence-electron chi connectivity index (χ0n) is 9.02. The normalized spacial score (nSPS) is 10.4. The van der Waals surface area contributed by atoms with E-state index in [-0.39, 0.29) is 18.9 Å². The van der Waals surface area contributed by atoms with Crippen molar-refractivity contribution in [2.75, 3.05) is 6.54 Å². The van der Waals surface area contributed by atoms with E-state index in [1.807, 2.05) is 0 Å². The Hall–Kier alpha value is -1.81. The Labute approximate surface area is 104 Å². The molecule has 17 heavy (non-hydrogen) atoms. The van der Waals surface area contributed by atoms with Crippen molar-refractivity contribution in [2.45, 2.75) is 6.42 Å². The summed E-state index contributed by atoms with van der Waals surface area (Å²) in [6.45, 7) is 0.124. The number of hydrogen-bond donors (Lipinski definition) is 2. The monoisotopic (exact) mass is 253 g/mol. The highest BCUT2D eigenvalue weighted by molar-refractivity contribution is 6.30. The van der Waals surface area contributed by atoms with Crippen molar-refractivity contribution in [1.82, 2.24) is 5.32 Å². The van der Waals surface area contributed by atoms with Gasteiger partial charge in [-0.25, -0.2) is 0 Å². The summed E-state index contributed by atoms with van der Waals surface area (Å²) in [4.78, 5) is 21.5. The molecule has 4 nitrogen and oxygen atoms in total. The summed E-state index contributed by atoms with van der Waals surface area (Å²) in [6.07, 6.45) is 2.90. The van der Waals surface area contributed by atoms with Crippen LogP contribution in [0.25, 0.3) is 6.08 Å². The van der Waals surface area contributed by atoms with E-state index < -0.39 is 5.97 Å². The highest BCUT2D eigenvalue weighted by atomic mass is 35.5. The highest BCUT2D eigenvalue weighted by Crippen LogP contribution is 2.10. The third kappa shape index (κ3) is 5.73. The molecule has 0 unspecified atom stereocenters. The van der Waals surface area contributed by atoms with Crippen LogP contribution in [0, 0.1) is 0 Å². The standard InChI is InChI=1S/C12H12ClNO3/c13-10-4-1-9(2-5-10)3-6-11(15)14-8-7-12(16)17/h1-6H,7-8H2,(H,14,15)(H,16,17)/b6-3+. The Bertz CT molecular complexity index is 426. The molecule has 1 rings (SSSR count). The summed E-state index contributed by atoms with van der Waals surface area (Å²) in [6, 6.07) is 7.01. The van der Waals surface area contributed by atoms with Gasteiger partial charge in [-0.05, 0) is 23.8 Å². The van der Waals surface area contributed by atoms with Crippen LogP contribution in [-0.2, 0) is 9.59 Å². The Morgan fingerprint density at radius 3 is 2.53 bits per heavy atom. The van der Waals surface area contributed by atoms with Crippen molar-refractivity contribution < 1.29 is 14.7 Å². The van der Waals surface area contributed by atoms with Crippen LogP contribution < -0.4 is 5.32 Å². The fraction of sp³-hybridized carbons (Fsp3) is 0.167. The van der Waals surface area contributed by atoms with E-state index in [0.717, 1.165) is 5.56 Å². The molecule has 0 atom stereocenters. The lowest BCUT2D eigenvalue weighted by Gasteiger charge is -1.98. The minimum absolute atomic E-state index is 0.0828. The molecule has 0 heterocycles. The fourth-order valence-corrected chi connectivity index (χ4v) is 1.22. The predicted octanol–water partition coefficient (Wildman–Crippen LogP) is 1.94. The van der Waals surface area contributed by atoms with Gasteiger partial charge in [0, 0.05) is 17.6 Å². The summed E-state index contributed by atoms with van der Waals surface area (Å²) >= 11 is 5.71. The van der Waals surface area contributed by atoms with E-state index in [1.165, 1.54) is 6.08 Å². The number of nitrogens with one attached hydrogen (secondary N) is 1. The second-order valence-electron chi connectivity index (χ2n) is 3.32. The maximum atomic E-state index is 11.2. The summed E-state index contributed by atoms with van der Waals surface area (Å²) in [5, 5.41) is 11.5. The molecule has 0 aliphatic rings. The lowest BCUT2D eigenvalue weighted by Crippen LogP contribution is -2.23. The van der Waals surface area contributed by atoms with E-state index in [0.29, 0.717) is 5.02 Å². The minimum Gasteiger partial charge on any atom is -0.481 e. The van der Waals surface area contributed by atoms with Crippen LogP contribution in [0.1, 0.15) is 12.0 Å². The Morgan fingerprint density at radius 2 is 1.94 bits per heavy atom. The molecule has 1 amide bonds. The maximum Gasteiger partial charge on any atom is 0.305 e. The first-order valence-electron chi connectivity index (χ1n) is 5.01. The molecule has 0 aromatic heterocycles. The summed E-state index contributed by atoms with van der Waals surface area (Å²) in [5.41, 5.74) is 0.850. The van der Waals surface area contributed by atoms with Gasteiger partial charge in [-0.15, -0.1) is 0 Å². The number of rotatable bonds is 5. The molecule has 0 aliphatic carbocycles. The van der Waals surface area contributed by atoms with Gasteiger partial charge >= 0.3 is 5.97 Å². The molecule has 1 aromatic rings. The molecule has 0 saturated heterocycles. The van der Waals surface area contributed by atoms with Crippen LogP contribution >= 0.6 is 11.6 Å². The van der Waals surface area contributed by atoms with E-state index in [4.69, 9.17) is 16.7 Å². The lowest BCUT2D eigenvalue weighted by molar-refractivity contribution is -0.136. The minimum atomic E-state index is -0.938. The first kappa shape index (κ1) is 13.3. The molecule has 1 aromatic carbocycles. The van der Waals surface area contributed by atoms with Crippen LogP contribution in [-0.4, -0.2) is 23.5 Å². The molecule has 2 N–H and O–H groups in total. The van der Waals surface area contributed by atoms with Crippen molar-refractivity contribution in [2.24, 2.45) is 0 Å². The average Bonchev–Trinajstić information content (AvgIpc) is 2.28. The SMILES string of the molecule is O=C(O)CCNC(=O)/C=C/c1ccc(Cl)cc1. The molecule has 0 radical (unpaired) electrons. The van der Waals surface area contributed by atoms with Crippen LogP contribution in [0.3, 0.4) is 0 Å². The Kier molecular flexibility index (Phi) is 5.23. The average molecular weight is 254 g/mol. The quantitative estimate of drug-likeness (QED) is 0.788. The molecular formula is C12H12ClNO3. The van der Waals surface area contributed by atoms with Crippen LogP contribution in [0.15, 0.2) is 30.3 Å². The van der Waals surface area contributed by atoms with E-state index in [9.17, 15) is 9.59 Å². The van der Waals surface area contributed by atoms with Crippen molar-refractivity contribution in [3.8, 4) is 0 Å². The van der Waals surface area contributed by atoms with E-state index in [2.05, 4.69) is 5.32 Å². The lowest BCUT2D eigenvalue weighted by atomic mass is 10.2. The van der Waals surface area contributed by atoms with Gasteiger partial charge in [-0.2, -0.15) is 0 Å². The van der Waals surface area contributed by atoms with Crippen molar-refractivity contribution in [3.63, 3.8) is 0 Å². The number of amides is 1. The van der Waals surface area contributed by atoms with Gasteiger partial charge in [0.15, 0.2) is 0 Å². The maximum absolute atomic E-state index is 11.2. The number of carboxylic acids is 1. The zero-order valence-corrected chi connectivity index (χ0v) is 9.78. The van der Waals surface area contributed by atoms with E-state index >= 15 is 0 Å². The largest absolute Gasteiger partial charge is 0.481 e. The molecule has 0 saturated carbocycles. The van der Waals surface area contributed by atoms with Gasteiger partial charge in [0.2, 0.25) is 5.91 Å². The van der Waals surface area contributed by atoms with Gasteiger partial charge in [0.05, 0.1) is 6.42 Å². The summed E-state index contributed by atoms with van der Waals surface area (Å²) in [5.74, 6) is -1.26. The topological polar surface area (TPSA) is 66.4 Å². The van der Waals surface area contributed by atoms with Crippen LogP contribution in [0.4, 0.5) is 0 Å². The predicted molar refractivity (Wildman–Crippen MR) is 65.7 cm³/mol. The van der Waals surface area contributed by atoms with Gasteiger partial charge in [0.25, 0.3) is 0 Å². The molecule has 0 aliphatic heterocycles. The number of carbonyl (C=O) groups is 2. The van der Waals surface area contributed by atoms with Gasteiger partial charge in [-0.1, -0.05) is 23.7 Å². The zero-order chi connectivity index (χ0) is 12.7. The van der Waals surface area contributed by atoms with Gasteiger partial charge in [0.1, 0.15) is 0 Å². The van der Waals surface area contributed by atoms with Crippen LogP contribution in [0.5, 0.6) is 0 Å². The highest BCUT2D eigenvalue weighted by Gasteiger charge is 1.98. The number of benzene rings is 1.